The van der Waals surface area contributed by atoms with E-state index in [1.807, 2.05) is 20.8 Å². The molecule has 0 aliphatic heterocycles. The molecule has 2 heterocycles. The van der Waals surface area contributed by atoms with Crippen LogP contribution in [0.2, 0.25) is 0 Å². The van der Waals surface area contributed by atoms with Crippen molar-refractivity contribution in [2.45, 2.75) is 45.5 Å². The third-order valence-corrected chi connectivity index (χ3v) is 3.89. The number of halogens is 3. The Balaban J connectivity index is 2.23. The fourth-order valence-electron chi connectivity index (χ4n) is 1.72. The normalized spacial score (nSPS) is 13.9. The van der Waals surface area contributed by atoms with E-state index >= 15 is 0 Å². The van der Waals surface area contributed by atoms with Crippen LogP contribution in [0.5, 0.6) is 0 Å². The molecule has 0 fully saturated rings. The summed E-state index contributed by atoms with van der Waals surface area (Å²) >= 11 is 0.802. The number of hydrogen-bond acceptors (Lipinski definition) is 5. The SMILES string of the molecule is Cc1csc(C(OC(=O)c2cnn(C(C)(C)C)c2)C(F)(F)F)n1. The van der Waals surface area contributed by atoms with Gasteiger partial charge in [0.25, 0.3) is 0 Å². The van der Waals surface area contributed by atoms with Crippen LogP contribution in [-0.4, -0.2) is 26.9 Å². The first-order valence-corrected chi connectivity index (χ1v) is 7.61. The maximum atomic E-state index is 13.2. The highest BCUT2D eigenvalue weighted by molar-refractivity contribution is 7.09. The lowest BCUT2D eigenvalue weighted by Crippen LogP contribution is -2.26. The summed E-state index contributed by atoms with van der Waals surface area (Å²) < 4.78 is 45.6. The molecular weight excluding hydrogens is 331 g/mol. The molecule has 0 aromatic carbocycles. The van der Waals surface area contributed by atoms with Gasteiger partial charge in [0.05, 0.1) is 17.3 Å². The van der Waals surface area contributed by atoms with E-state index < -0.39 is 23.8 Å². The Morgan fingerprint density at radius 1 is 1.35 bits per heavy atom. The topological polar surface area (TPSA) is 57.0 Å². The van der Waals surface area contributed by atoms with Crippen molar-refractivity contribution in [2.24, 2.45) is 0 Å². The van der Waals surface area contributed by atoms with Crippen LogP contribution in [-0.2, 0) is 10.3 Å². The Kier molecular flexibility index (Phi) is 4.52. The maximum Gasteiger partial charge on any atom is 0.432 e. The first-order valence-electron chi connectivity index (χ1n) is 6.73. The number of nitrogens with zero attached hydrogens (tertiary/aromatic N) is 3. The van der Waals surface area contributed by atoms with Crippen molar-refractivity contribution in [3.8, 4) is 0 Å². The average Bonchev–Trinajstić information content (AvgIpc) is 3.02. The zero-order valence-corrected chi connectivity index (χ0v) is 13.8. The summed E-state index contributed by atoms with van der Waals surface area (Å²) in [5.41, 5.74) is 0.00674. The van der Waals surface area contributed by atoms with Crippen molar-refractivity contribution in [3.05, 3.63) is 34.0 Å². The summed E-state index contributed by atoms with van der Waals surface area (Å²) in [6.07, 6.45) is -4.57. The summed E-state index contributed by atoms with van der Waals surface area (Å²) in [4.78, 5) is 15.8. The molecular formula is C14H16F3N3O2S. The molecule has 5 nitrogen and oxygen atoms in total. The van der Waals surface area contributed by atoms with E-state index in [9.17, 15) is 18.0 Å². The molecule has 2 rings (SSSR count). The summed E-state index contributed by atoms with van der Waals surface area (Å²) in [5.74, 6) is -1.09. The van der Waals surface area contributed by atoms with Crippen LogP contribution in [0.3, 0.4) is 0 Å². The van der Waals surface area contributed by atoms with Crippen molar-refractivity contribution >= 4 is 17.3 Å². The van der Waals surface area contributed by atoms with Crippen molar-refractivity contribution < 1.29 is 22.7 Å². The number of carbonyl (C=O) groups excluding carboxylic acids is 1. The highest BCUT2D eigenvalue weighted by Gasteiger charge is 2.46. The second-order valence-corrected chi connectivity index (χ2v) is 6.89. The molecule has 0 aliphatic rings. The highest BCUT2D eigenvalue weighted by Crippen LogP contribution is 2.37. The quantitative estimate of drug-likeness (QED) is 0.791. The van der Waals surface area contributed by atoms with E-state index in [1.54, 1.807) is 6.92 Å². The lowest BCUT2D eigenvalue weighted by atomic mass is 10.1. The number of esters is 1. The van der Waals surface area contributed by atoms with Gasteiger partial charge in [-0.2, -0.15) is 18.3 Å². The Morgan fingerprint density at radius 3 is 2.43 bits per heavy atom. The van der Waals surface area contributed by atoms with Crippen molar-refractivity contribution in [1.82, 2.24) is 14.8 Å². The van der Waals surface area contributed by atoms with E-state index in [1.165, 1.54) is 22.5 Å². The lowest BCUT2D eigenvalue weighted by Gasteiger charge is -2.19. The number of alkyl halides is 3. The van der Waals surface area contributed by atoms with Gasteiger partial charge in [0, 0.05) is 17.3 Å². The predicted molar refractivity (Wildman–Crippen MR) is 78.3 cm³/mol. The molecule has 0 spiro atoms. The Labute approximate surface area is 135 Å². The number of aryl methyl sites for hydroxylation is 1. The minimum Gasteiger partial charge on any atom is -0.441 e. The van der Waals surface area contributed by atoms with Crippen molar-refractivity contribution in [1.29, 1.82) is 0 Å². The van der Waals surface area contributed by atoms with Crippen LogP contribution < -0.4 is 0 Å². The lowest BCUT2D eigenvalue weighted by molar-refractivity contribution is -0.207. The van der Waals surface area contributed by atoms with E-state index in [0.717, 1.165) is 11.3 Å². The molecule has 0 aliphatic carbocycles. The van der Waals surface area contributed by atoms with E-state index in [2.05, 4.69) is 14.8 Å². The summed E-state index contributed by atoms with van der Waals surface area (Å²) in [5, 5.41) is 5.15. The van der Waals surface area contributed by atoms with Gasteiger partial charge in [-0.25, -0.2) is 9.78 Å². The second-order valence-electron chi connectivity index (χ2n) is 6.00. The number of ether oxygens (including phenoxy) is 1. The molecule has 2 aromatic heterocycles. The van der Waals surface area contributed by atoms with Gasteiger partial charge < -0.3 is 4.74 Å². The van der Waals surface area contributed by atoms with Crippen LogP contribution in [0.25, 0.3) is 0 Å². The molecule has 0 radical (unpaired) electrons. The molecule has 126 valence electrons. The summed E-state index contributed by atoms with van der Waals surface area (Å²) in [7, 11) is 0. The second kappa shape index (κ2) is 5.95. The monoisotopic (exact) mass is 347 g/mol. The van der Waals surface area contributed by atoms with Gasteiger partial charge in [-0.15, -0.1) is 11.3 Å². The molecule has 1 unspecified atom stereocenters. The predicted octanol–water partition coefficient (Wildman–Crippen LogP) is 3.86. The molecule has 23 heavy (non-hydrogen) atoms. The van der Waals surface area contributed by atoms with E-state index in [0.29, 0.717) is 5.69 Å². The van der Waals surface area contributed by atoms with Crippen LogP contribution >= 0.6 is 11.3 Å². The van der Waals surface area contributed by atoms with E-state index in [-0.39, 0.29) is 10.6 Å². The highest BCUT2D eigenvalue weighted by atomic mass is 32.1. The van der Waals surface area contributed by atoms with Gasteiger partial charge in [0.1, 0.15) is 5.01 Å². The van der Waals surface area contributed by atoms with Crippen molar-refractivity contribution in [3.63, 3.8) is 0 Å². The molecule has 2 aromatic rings. The number of thiazole rings is 1. The van der Waals surface area contributed by atoms with Gasteiger partial charge >= 0.3 is 12.1 Å². The van der Waals surface area contributed by atoms with Gasteiger partial charge in [-0.3, -0.25) is 4.68 Å². The standard InChI is InChI=1S/C14H16F3N3O2S/c1-8-7-23-11(19-8)10(14(15,16)17)22-12(21)9-5-18-20(6-9)13(2,3)4/h5-7,10H,1-4H3. The first kappa shape index (κ1) is 17.5. The fraction of sp³-hybridized carbons (Fsp3) is 0.500. The molecule has 9 heteroatoms. The zero-order chi connectivity index (χ0) is 17.4. The molecule has 1 atom stereocenters. The van der Waals surface area contributed by atoms with Gasteiger partial charge in [-0.1, -0.05) is 0 Å². The zero-order valence-electron chi connectivity index (χ0n) is 13.0. The number of carbonyl (C=O) groups is 1. The van der Waals surface area contributed by atoms with Gasteiger partial charge in [-0.05, 0) is 27.7 Å². The minimum atomic E-state index is -4.74. The van der Waals surface area contributed by atoms with Crippen LogP contribution in [0.15, 0.2) is 17.8 Å². The maximum absolute atomic E-state index is 13.2. The van der Waals surface area contributed by atoms with Crippen LogP contribution in [0.4, 0.5) is 13.2 Å². The Hall–Kier alpha value is -1.90. The number of hydrogen-bond donors (Lipinski definition) is 0. The molecule has 0 amide bonds. The molecule has 0 bridgehead atoms. The number of rotatable bonds is 3. The summed E-state index contributed by atoms with van der Waals surface area (Å²) in [6, 6.07) is 0. The Morgan fingerprint density at radius 2 is 2.00 bits per heavy atom. The van der Waals surface area contributed by atoms with Crippen LogP contribution in [0, 0.1) is 6.92 Å². The summed E-state index contributed by atoms with van der Waals surface area (Å²) in [6.45, 7) is 7.13. The number of aromatic nitrogens is 3. The molecule has 0 saturated carbocycles. The third-order valence-electron chi connectivity index (χ3n) is 2.89. The smallest absolute Gasteiger partial charge is 0.432 e. The van der Waals surface area contributed by atoms with Gasteiger partial charge in [0.15, 0.2) is 0 Å². The minimum absolute atomic E-state index is 0.0394. The largest absolute Gasteiger partial charge is 0.441 e. The van der Waals surface area contributed by atoms with Crippen molar-refractivity contribution in [2.75, 3.05) is 0 Å². The fourth-order valence-corrected chi connectivity index (χ4v) is 2.57. The molecule has 0 N–H and O–H groups in total. The first-order chi connectivity index (χ1) is 10.5. The molecule has 0 saturated heterocycles. The average molecular weight is 347 g/mol. The van der Waals surface area contributed by atoms with E-state index in [4.69, 9.17) is 0 Å². The van der Waals surface area contributed by atoms with Gasteiger partial charge in [0.2, 0.25) is 6.10 Å². The third kappa shape index (κ3) is 4.10. The van der Waals surface area contributed by atoms with Crippen LogP contribution in [0.1, 0.15) is 47.9 Å². The Bertz CT molecular complexity index is 701.